The Balaban J connectivity index is 1.35. The summed E-state index contributed by atoms with van der Waals surface area (Å²) in [4.78, 5) is 17.0. The summed E-state index contributed by atoms with van der Waals surface area (Å²) in [5, 5.41) is 2.11. The van der Waals surface area contributed by atoms with Crippen LogP contribution in [0, 0.1) is 5.41 Å². The molecule has 1 aliphatic rings. The highest BCUT2D eigenvalue weighted by molar-refractivity contribution is 7.99. The van der Waals surface area contributed by atoms with Crippen LogP contribution in [0.2, 0.25) is 5.02 Å². The first-order valence-corrected chi connectivity index (χ1v) is 14.5. The number of thioether (sulfide) groups is 1. The van der Waals surface area contributed by atoms with Crippen molar-refractivity contribution in [2.45, 2.75) is 37.9 Å². The van der Waals surface area contributed by atoms with Gasteiger partial charge in [0.05, 0.1) is 23.9 Å². The number of benzene rings is 3. The van der Waals surface area contributed by atoms with Gasteiger partial charge in [-0.3, -0.25) is 0 Å². The number of halogens is 1. The molecule has 1 aromatic heterocycles. The Labute approximate surface area is 234 Å². The van der Waals surface area contributed by atoms with Crippen LogP contribution in [0.3, 0.4) is 0 Å². The van der Waals surface area contributed by atoms with E-state index < -0.39 is 0 Å². The van der Waals surface area contributed by atoms with Crippen LogP contribution in [-0.4, -0.2) is 23.8 Å². The summed E-state index contributed by atoms with van der Waals surface area (Å²) < 4.78 is 5.01. The average Bonchev–Trinajstić information content (AvgIpc) is 3.68. The molecule has 0 amide bonds. The van der Waals surface area contributed by atoms with E-state index in [1.54, 1.807) is 0 Å². The van der Waals surface area contributed by atoms with Crippen LogP contribution in [0.15, 0.2) is 78.9 Å². The summed E-state index contributed by atoms with van der Waals surface area (Å²) in [5.41, 5.74) is 6.43. The molecule has 0 spiro atoms. The van der Waals surface area contributed by atoms with Crippen molar-refractivity contribution in [3.63, 3.8) is 0 Å². The van der Waals surface area contributed by atoms with Crippen LogP contribution in [0.1, 0.15) is 64.2 Å². The second kappa shape index (κ2) is 11.8. The van der Waals surface area contributed by atoms with Crippen molar-refractivity contribution in [2.24, 2.45) is 5.41 Å². The van der Waals surface area contributed by atoms with E-state index in [-0.39, 0.29) is 5.97 Å². The molecule has 1 aliphatic carbocycles. The van der Waals surface area contributed by atoms with Gasteiger partial charge in [-0.05, 0) is 83.9 Å². The molecule has 1 fully saturated rings. The number of ether oxygens (including phenoxy) is 1. The number of hydrogen-bond donors (Lipinski definition) is 0. The Hall–Kier alpha value is -3.08. The van der Waals surface area contributed by atoms with E-state index >= 15 is 0 Å². The van der Waals surface area contributed by atoms with Gasteiger partial charge in [0.2, 0.25) is 0 Å². The Morgan fingerprint density at radius 1 is 1.05 bits per heavy atom. The Kier molecular flexibility index (Phi) is 8.21. The molecule has 0 radical (unpaired) electrons. The van der Waals surface area contributed by atoms with Gasteiger partial charge in [0.25, 0.3) is 0 Å². The molecule has 0 bridgehead atoms. The molecule has 5 rings (SSSR count). The SMILES string of the molecule is COC(=O)c1ccccc1CCC(SCC1(C)CC1)c1cccc(/C=C/c2ccc3ccc(Cl)cc3n2)c1. The Morgan fingerprint density at radius 3 is 2.68 bits per heavy atom. The Morgan fingerprint density at radius 2 is 1.87 bits per heavy atom. The summed E-state index contributed by atoms with van der Waals surface area (Å²) in [5.74, 6) is 0.881. The van der Waals surface area contributed by atoms with E-state index in [2.05, 4.69) is 49.4 Å². The molecular formula is C33H32ClNO2S. The molecule has 5 heteroatoms. The van der Waals surface area contributed by atoms with Crippen molar-refractivity contribution >= 4 is 52.4 Å². The number of aromatic nitrogens is 1. The van der Waals surface area contributed by atoms with Gasteiger partial charge in [-0.1, -0.05) is 79.2 Å². The van der Waals surface area contributed by atoms with Crippen molar-refractivity contribution in [3.8, 4) is 0 Å². The van der Waals surface area contributed by atoms with Crippen molar-refractivity contribution in [3.05, 3.63) is 112 Å². The molecule has 4 aromatic rings. The lowest BCUT2D eigenvalue weighted by Gasteiger charge is -2.20. The van der Waals surface area contributed by atoms with Gasteiger partial charge in [0.1, 0.15) is 0 Å². The fraction of sp³-hybridized carbons (Fsp3) is 0.273. The summed E-state index contributed by atoms with van der Waals surface area (Å²) in [6.45, 7) is 2.38. The molecule has 3 aromatic carbocycles. The average molecular weight is 542 g/mol. The zero-order valence-electron chi connectivity index (χ0n) is 21.8. The first-order chi connectivity index (χ1) is 18.4. The lowest BCUT2D eigenvalue weighted by atomic mass is 9.98. The van der Waals surface area contributed by atoms with Gasteiger partial charge in [0.15, 0.2) is 0 Å². The molecule has 0 saturated heterocycles. The topological polar surface area (TPSA) is 39.2 Å². The standard InChI is InChI=1S/C33H32ClNO2S/c1-33(18-19-33)22-38-31(17-13-24-7-3-4-9-29(24)32(36)37-2)26-8-5-6-23(20-26)10-15-28-16-12-25-11-14-27(34)21-30(25)35-28/h3-12,14-16,20-21,31H,13,17-19,22H2,1-2H3/b15-10+. The van der Waals surface area contributed by atoms with Crippen LogP contribution in [0.5, 0.6) is 0 Å². The maximum atomic E-state index is 12.3. The van der Waals surface area contributed by atoms with Crippen LogP contribution in [-0.2, 0) is 11.2 Å². The molecular weight excluding hydrogens is 510 g/mol. The number of methoxy groups -OCH3 is 1. The number of carbonyl (C=O) groups is 1. The van der Waals surface area contributed by atoms with Crippen LogP contribution in [0.4, 0.5) is 0 Å². The quantitative estimate of drug-likeness (QED) is 0.188. The first-order valence-electron chi connectivity index (χ1n) is 13.0. The van der Waals surface area contributed by atoms with Crippen molar-refractivity contribution in [2.75, 3.05) is 12.9 Å². The maximum absolute atomic E-state index is 12.3. The van der Waals surface area contributed by atoms with E-state index in [4.69, 9.17) is 21.3 Å². The van der Waals surface area contributed by atoms with Gasteiger partial charge < -0.3 is 4.74 Å². The van der Waals surface area contributed by atoms with E-state index in [0.29, 0.717) is 21.3 Å². The predicted molar refractivity (Wildman–Crippen MR) is 161 cm³/mol. The fourth-order valence-corrected chi connectivity index (χ4v) is 6.27. The number of carbonyl (C=O) groups excluding carboxylic acids is 1. The zero-order valence-corrected chi connectivity index (χ0v) is 23.4. The number of nitrogens with zero attached hydrogens (tertiary/aromatic N) is 1. The third kappa shape index (κ3) is 6.67. The largest absolute Gasteiger partial charge is 0.465 e. The highest BCUT2D eigenvalue weighted by atomic mass is 35.5. The number of esters is 1. The highest BCUT2D eigenvalue weighted by Gasteiger charge is 2.37. The minimum atomic E-state index is -0.271. The molecule has 1 heterocycles. The van der Waals surface area contributed by atoms with E-state index in [0.717, 1.165) is 46.3 Å². The minimum Gasteiger partial charge on any atom is -0.465 e. The van der Waals surface area contributed by atoms with Gasteiger partial charge >= 0.3 is 5.97 Å². The summed E-state index contributed by atoms with van der Waals surface area (Å²) in [6, 6.07) is 26.5. The molecule has 38 heavy (non-hydrogen) atoms. The van der Waals surface area contributed by atoms with E-state index in [9.17, 15) is 4.79 Å². The fourth-order valence-electron chi connectivity index (χ4n) is 4.58. The van der Waals surface area contributed by atoms with Gasteiger partial charge in [0, 0.05) is 15.7 Å². The molecule has 1 unspecified atom stereocenters. The molecule has 1 saturated carbocycles. The van der Waals surface area contributed by atoms with Crippen LogP contribution < -0.4 is 0 Å². The smallest absolute Gasteiger partial charge is 0.338 e. The summed E-state index contributed by atoms with van der Waals surface area (Å²) >= 11 is 8.21. The van der Waals surface area contributed by atoms with Crippen LogP contribution >= 0.6 is 23.4 Å². The second-order valence-corrected chi connectivity index (χ2v) is 12.0. The first kappa shape index (κ1) is 26.5. The monoisotopic (exact) mass is 541 g/mol. The van der Waals surface area contributed by atoms with Crippen molar-refractivity contribution < 1.29 is 9.53 Å². The normalized spacial score (nSPS) is 15.0. The van der Waals surface area contributed by atoms with Gasteiger partial charge in [-0.2, -0.15) is 11.8 Å². The van der Waals surface area contributed by atoms with E-state index in [1.165, 1.54) is 25.5 Å². The molecule has 0 N–H and O–H groups in total. The van der Waals surface area contributed by atoms with Crippen molar-refractivity contribution in [1.82, 2.24) is 4.98 Å². The van der Waals surface area contributed by atoms with Crippen molar-refractivity contribution in [1.29, 1.82) is 0 Å². The lowest BCUT2D eigenvalue weighted by molar-refractivity contribution is 0.0599. The second-order valence-electron chi connectivity index (χ2n) is 10.4. The van der Waals surface area contributed by atoms with Gasteiger partial charge in [-0.25, -0.2) is 9.78 Å². The third-order valence-electron chi connectivity index (χ3n) is 7.24. The maximum Gasteiger partial charge on any atom is 0.338 e. The van der Waals surface area contributed by atoms with E-state index in [1.807, 2.05) is 60.3 Å². The number of fused-ring (bicyclic) bond motifs is 1. The zero-order chi connectivity index (χ0) is 26.5. The molecule has 194 valence electrons. The molecule has 0 aliphatic heterocycles. The predicted octanol–water partition coefficient (Wildman–Crippen LogP) is 9.05. The minimum absolute atomic E-state index is 0.271. The number of pyridine rings is 1. The third-order valence-corrected chi connectivity index (χ3v) is 9.25. The molecule has 3 nitrogen and oxygen atoms in total. The lowest BCUT2D eigenvalue weighted by Crippen LogP contribution is -2.08. The summed E-state index contributed by atoms with van der Waals surface area (Å²) in [7, 11) is 1.44. The highest BCUT2D eigenvalue weighted by Crippen LogP contribution is 2.50. The Bertz CT molecular complexity index is 1480. The number of rotatable bonds is 10. The van der Waals surface area contributed by atoms with Crippen LogP contribution in [0.25, 0.3) is 23.1 Å². The number of hydrogen-bond acceptors (Lipinski definition) is 4. The number of aryl methyl sites for hydroxylation is 1. The van der Waals surface area contributed by atoms with Gasteiger partial charge in [-0.15, -0.1) is 0 Å². The molecule has 1 atom stereocenters. The summed E-state index contributed by atoms with van der Waals surface area (Å²) in [6.07, 6.45) is 8.58.